The van der Waals surface area contributed by atoms with Crippen LogP contribution in [-0.4, -0.2) is 36.1 Å². The Hall–Kier alpha value is -1.59. The molecule has 1 saturated carbocycles. The molecule has 0 radical (unpaired) electrons. The molecule has 0 aliphatic heterocycles. The lowest BCUT2D eigenvalue weighted by atomic mass is 9.78. The fraction of sp³-hybridized carbons (Fsp3) is 0.800. The van der Waals surface area contributed by atoms with Crippen molar-refractivity contribution in [2.24, 2.45) is 17.8 Å². The first-order valence-corrected chi connectivity index (χ1v) is 7.53. The van der Waals surface area contributed by atoms with Crippen molar-refractivity contribution in [3.63, 3.8) is 0 Å². The molecule has 1 aliphatic carbocycles. The lowest BCUT2D eigenvalue weighted by molar-refractivity contribution is -0.151. The molecule has 1 fully saturated rings. The maximum absolute atomic E-state index is 12.4. The second-order valence-electron chi connectivity index (χ2n) is 5.73. The Labute approximate surface area is 125 Å². The molecular formula is C15H25NO5. The number of aliphatic carboxylic acids is 1. The first-order valence-electron chi connectivity index (χ1n) is 7.53. The van der Waals surface area contributed by atoms with Crippen LogP contribution in [0.25, 0.3) is 0 Å². The molecule has 4 unspecified atom stereocenters. The molecule has 0 aromatic heterocycles. The van der Waals surface area contributed by atoms with Gasteiger partial charge in [0, 0.05) is 0 Å². The normalized spacial score (nSPS) is 24.7. The van der Waals surface area contributed by atoms with Crippen LogP contribution in [0.3, 0.4) is 0 Å². The Kier molecular flexibility index (Phi) is 6.65. The van der Waals surface area contributed by atoms with Gasteiger partial charge < -0.3 is 15.2 Å². The van der Waals surface area contributed by atoms with Gasteiger partial charge in [-0.25, -0.2) is 4.79 Å². The highest BCUT2D eigenvalue weighted by atomic mass is 16.5. The van der Waals surface area contributed by atoms with Crippen LogP contribution >= 0.6 is 0 Å². The lowest BCUT2D eigenvalue weighted by Gasteiger charge is -2.30. The van der Waals surface area contributed by atoms with E-state index in [4.69, 9.17) is 4.74 Å². The van der Waals surface area contributed by atoms with E-state index >= 15 is 0 Å². The molecule has 0 spiro atoms. The van der Waals surface area contributed by atoms with E-state index in [2.05, 4.69) is 5.32 Å². The van der Waals surface area contributed by atoms with Crippen molar-refractivity contribution in [1.29, 1.82) is 0 Å². The van der Waals surface area contributed by atoms with E-state index in [1.165, 1.54) is 7.11 Å². The number of amides is 1. The number of esters is 1. The van der Waals surface area contributed by atoms with Gasteiger partial charge in [0.15, 0.2) is 0 Å². The second-order valence-corrected chi connectivity index (χ2v) is 5.73. The van der Waals surface area contributed by atoms with Crippen molar-refractivity contribution < 1.29 is 24.2 Å². The van der Waals surface area contributed by atoms with Crippen LogP contribution in [0, 0.1) is 17.8 Å². The number of hydrogen-bond donors (Lipinski definition) is 2. The number of hydrogen-bond acceptors (Lipinski definition) is 4. The minimum absolute atomic E-state index is 0.0618. The Balaban J connectivity index is 2.79. The highest BCUT2D eigenvalue weighted by molar-refractivity contribution is 5.88. The third-order valence-corrected chi connectivity index (χ3v) is 4.39. The zero-order valence-electron chi connectivity index (χ0n) is 12.9. The van der Waals surface area contributed by atoms with Gasteiger partial charge in [0.2, 0.25) is 5.91 Å². The molecular weight excluding hydrogens is 274 g/mol. The summed E-state index contributed by atoms with van der Waals surface area (Å²) in [6.45, 7) is 3.78. The largest absolute Gasteiger partial charge is 0.481 e. The molecule has 1 aliphatic rings. The Morgan fingerprint density at radius 1 is 1.24 bits per heavy atom. The van der Waals surface area contributed by atoms with Gasteiger partial charge in [-0.05, 0) is 18.8 Å². The predicted octanol–water partition coefficient (Wildman–Crippen LogP) is 1.58. The van der Waals surface area contributed by atoms with E-state index < -0.39 is 29.8 Å². The molecule has 0 saturated heterocycles. The molecule has 4 atom stereocenters. The Morgan fingerprint density at radius 3 is 2.29 bits per heavy atom. The van der Waals surface area contributed by atoms with Crippen molar-refractivity contribution in [3.8, 4) is 0 Å². The maximum atomic E-state index is 12.4. The summed E-state index contributed by atoms with van der Waals surface area (Å²) < 4.78 is 4.73. The SMILES string of the molecule is CCC(C)C(NC(=O)C1CCCCC1C(=O)O)C(=O)OC. The summed E-state index contributed by atoms with van der Waals surface area (Å²) >= 11 is 0. The average molecular weight is 299 g/mol. The number of carbonyl (C=O) groups is 3. The highest BCUT2D eigenvalue weighted by Gasteiger charge is 2.38. The number of carboxylic acids is 1. The van der Waals surface area contributed by atoms with Gasteiger partial charge in [-0.3, -0.25) is 9.59 Å². The standard InChI is InChI=1S/C15H25NO5/c1-4-9(2)12(15(20)21-3)16-13(17)10-7-5-6-8-11(10)14(18)19/h9-12H,4-8H2,1-3H3,(H,16,17)(H,18,19). The summed E-state index contributed by atoms with van der Waals surface area (Å²) in [5.74, 6) is -3.05. The molecule has 2 N–H and O–H groups in total. The fourth-order valence-electron chi connectivity index (χ4n) is 2.80. The van der Waals surface area contributed by atoms with Crippen molar-refractivity contribution in [2.45, 2.75) is 52.0 Å². The van der Waals surface area contributed by atoms with E-state index in [1.54, 1.807) is 0 Å². The number of nitrogens with one attached hydrogen (secondary N) is 1. The highest BCUT2D eigenvalue weighted by Crippen LogP contribution is 2.30. The van der Waals surface area contributed by atoms with E-state index in [1.807, 2.05) is 13.8 Å². The van der Waals surface area contributed by atoms with Crippen LogP contribution in [0.15, 0.2) is 0 Å². The quantitative estimate of drug-likeness (QED) is 0.726. The molecule has 0 aromatic carbocycles. The number of rotatable bonds is 6. The van der Waals surface area contributed by atoms with Crippen molar-refractivity contribution >= 4 is 17.8 Å². The van der Waals surface area contributed by atoms with E-state index in [0.717, 1.165) is 12.8 Å². The van der Waals surface area contributed by atoms with Gasteiger partial charge in [-0.1, -0.05) is 33.1 Å². The third-order valence-electron chi connectivity index (χ3n) is 4.39. The summed E-state index contributed by atoms with van der Waals surface area (Å²) in [4.78, 5) is 35.4. The van der Waals surface area contributed by atoms with Crippen LogP contribution < -0.4 is 5.32 Å². The van der Waals surface area contributed by atoms with Crippen LogP contribution in [0.2, 0.25) is 0 Å². The molecule has 21 heavy (non-hydrogen) atoms. The minimum Gasteiger partial charge on any atom is -0.481 e. The minimum atomic E-state index is -0.937. The third kappa shape index (κ3) is 4.44. The summed E-state index contributed by atoms with van der Waals surface area (Å²) in [6.07, 6.45) is 3.45. The lowest BCUT2D eigenvalue weighted by Crippen LogP contribution is -2.50. The monoisotopic (exact) mass is 299 g/mol. The molecule has 1 amide bonds. The molecule has 0 aromatic rings. The van der Waals surface area contributed by atoms with E-state index in [9.17, 15) is 19.5 Å². The summed E-state index contributed by atoms with van der Waals surface area (Å²) in [7, 11) is 1.28. The Morgan fingerprint density at radius 2 is 1.81 bits per heavy atom. The van der Waals surface area contributed by atoms with Gasteiger partial charge >= 0.3 is 11.9 Å². The second kappa shape index (κ2) is 8.00. The Bertz CT molecular complexity index is 396. The van der Waals surface area contributed by atoms with Gasteiger partial charge in [0.05, 0.1) is 18.9 Å². The van der Waals surface area contributed by atoms with Crippen LogP contribution in [0.4, 0.5) is 0 Å². The zero-order chi connectivity index (χ0) is 16.0. The smallest absolute Gasteiger partial charge is 0.328 e. The van der Waals surface area contributed by atoms with Gasteiger partial charge in [0.25, 0.3) is 0 Å². The first kappa shape index (κ1) is 17.5. The molecule has 6 heteroatoms. The van der Waals surface area contributed by atoms with Crippen molar-refractivity contribution in [3.05, 3.63) is 0 Å². The maximum Gasteiger partial charge on any atom is 0.328 e. The van der Waals surface area contributed by atoms with E-state index in [0.29, 0.717) is 19.3 Å². The summed E-state index contributed by atoms with van der Waals surface area (Å²) in [6, 6.07) is -0.719. The van der Waals surface area contributed by atoms with Gasteiger partial charge in [0.1, 0.15) is 6.04 Å². The summed E-state index contributed by atoms with van der Waals surface area (Å²) in [5, 5.41) is 11.9. The molecule has 6 nitrogen and oxygen atoms in total. The molecule has 120 valence electrons. The zero-order valence-corrected chi connectivity index (χ0v) is 12.9. The van der Waals surface area contributed by atoms with Gasteiger partial charge in [-0.15, -0.1) is 0 Å². The summed E-state index contributed by atoms with van der Waals surface area (Å²) in [5.41, 5.74) is 0. The van der Waals surface area contributed by atoms with Crippen molar-refractivity contribution in [1.82, 2.24) is 5.32 Å². The van der Waals surface area contributed by atoms with Crippen LogP contribution in [0.5, 0.6) is 0 Å². The van der Waals surface area contributed by atoms with Crippen LogP contribution in [0.1, 0.15) is 46.0 Å². The number of carbonyl (C=O) groups excluding carboxylic acids is 2. The number of methoxy groups -OCH3 is 1. The van der Waals surface area contributed by atoms with Gasteiger partial charge in [-0.2, -0.15) is 0 Å². The van der Waals surface area contributed by atoms with Crippen molar-refractivity contribution in [2.75, 3.05) is 7.11 Å². The fourth-order valence-corrected chi connectivity index (χ4v) is 2.80. The molecule has 0 bridgehead atoms. The molecule has 1 rings (SSSR count). The first-order chi connectivity index (χ1) is 9.92. The number of ether oxygens (including phenoxy) is 1. The average Bonchev–Trinajstić information content (AvgIpc) is 2.50. The topological polar surface area (TPSA) is 92.7 Å². The predicted molar refractivity (Wildman–Crippen MR) is 76.5 cm³/mol. The molecule has 0 heterocycles. The van der Waals surface area contributed by atoms with E-state index in [-0.39, 0.29) is 11.8 Å². The number of carboxylic acid groups (broad SMARTS) is 1. The van der Waals surface area contributed by atoms with Crippen LogP contribution in [-0.2, 0) is 19.1 Å².